The van der Waals surface area contributed by atoms with Gasteiger partial charge in [0.05, 0.1) is 0 Å². The van der Waals surface area contributed by atoms with Gasteiger partial charge in [-0.3, -0.25) is 0 Å². The molecule has 0 aromatic heterocycles. The van der Waals surface area contributed by atoms with Gasteiger partial charge in [0.15, 0.2) is 0 Å². The third-order valence-corrected chi connectivity index (χ3v) is 6.11. The van der Waals surface area contributed by atoms with E-state index in [-0.39, 0.29) is 0 Å². The van der Waals surface area contributed by atoms with Crippen molar-refractivity contribution in [3.8, 4) is 22.3 Å². The maximum atomic E-state index is 2.35. The zero-order valence-electron chi connectivity index (χ0n) is 18.1. The minimum atomic E-state index is 1.28. The largest absolute Gasteiger partial charge is 0.0587 e. The third kappa shape index (κ3) is 3.09. The molecule has 0 aliphatic rings. The summed E-state index contributed by atoms with van der Waals surface area (Å²) in [6.45, 7) is 8.66. The Morgan fingerprint density at radius 1 is 0.333 bits per heavy atom. The molecule has 0 aliphatic heterocycles. The number of fused-ring (bicyclic) bond motifs is 2. The standard InChI is InChI=1S/C30H26/c1-19-5-11-23(12-6-19)29-25-15-9-22(4)18-28(25)30(24-13-7-20(2)8-14-24)26-16-10-21(3)17-27(26)29/h5-18H,1-4H3. The van der Waals surface area contributed by atoms with Crippen LogP contribution in [0.25, 0.3) is 43.8 Å². The SMILES string of the molecule is Cc1ccc(-c2c3ccc(C)cc3c(-c3ccc(C)cc3)c3ccc(C)cc23)cc1. The van der Waals surface area contributed by atoms with Gasteiger partial charge in [-0.1, -0.05) is 107 Å². The molecule has 5 aromatic rings. The first kappa shape index (κ1) is 18.6. The first-order chi connectivity index (χ1) is 14.5. The summed E-state index contributed by atoms with van der Waals surface area (Å²) in [4.78, 5) is 0. The van der Waals surface area contributed by atoms with E-state index in [4.69, 9.17) is 0 Å². The molecule has 0 aliphatic carbocycles. The molecular formula is C30H26. The molecule has 0 spiro atoms. The molecule has 5 rings (SSSR count). The first-order valence-electron chi connectivity index (χ1n) is 10.6. The van der Waals surface area contributed by atoms with Gasteiger partial charge in [0.1, 0.15) is 0 Å². The molecule has 0 saturated heterocycles. The van der Waals surface area contributed by atoms with E-state index in [0.717, 1.165) is 0 Å². The topological polar surface area (TPSA) is 0 Å². The van der Waals surface area contributed by atoms with Gasteiger partial charge < -0.3 is 0 Å². The maximum Gasteiger partial charge on any atom is -0.00263 e. The Morgan fingerprint density at radius 2 is 0.667 bits per heavy atom. The Hall–Kier alpha value is -3.38. The highest BCUT2D eigenvalue weighted by molar-refractivity contribution is 6.21. The number of rotatable bonds is 2. The highest BCUT2D eigenvalue weighted by atomic mass is 14.2. The van der Waals surface area contributed by atoms with Crippen molar-refractivity contribution in [1.29, 1.82) is 0 Å². The van der Waals surface area contributed by atoms with Gasteiger partial charge in [-0.25, -0.2) is 0 Å². The highest BCUT2D eigenvalue weighted by Crippen LogP contribution is 2.44. The van der Waals surface area contributed by atoms with Crippen LogP contribution in [0.5, 0.6) is 0 Å². The summed E-state index contributed by atoms with van der Waals surface area (Å²) in [6, 6.07) is 31.7. The van der Waals surface area contributed by atoms with Crippen molar-refractivity contribution < 1.29 is 0 Å². The Balaban J connectivity index is 2.00. The van der Waals surface area contributed by atoms with Crippen molar-refractivity contribution in [3.05, 3.63) is 107 Å². The van der Waals surface area contributed by atoms with Crippen LogP contribution in [-0.4, -0.2) is 0 Å². The predicted octanol–water partition coefficient (Wildman–Crippen LogP) is 8.56. The van der Waals surface area contributed by atoms with Crippen LogP contribution in [0.3, 0.4) is 0 Å². The number of hydrogen-bond acceptors (Lipinski definition) is 0. The van der Waals surface area contributed by atoms with E-state index >= 15 is 0 Å². The fourth-order valence-electron chi connectivity index (χ4n) is 4.52. The lowest BCUT2D eigenvalue weighted by atomic mass is 9.84. The molecule has 0 nitrogen and oxygen atoms in total. The predicted molar refractivity (Wildman–Crippen MR) is 131 cm³/mol. The zero-order valence-corrected chi connectivity index (χ0v) is 18.1. The smallest absolute Gasteiger partial charge is 0.00263 e. The number of benzene rings is 5. The lowest BCUT2D eigenvalue weighted by molar-refractivity contribution is 1.46. The Labute approximate surface area is 178 Å². The molecule has 5 aromatic carbocycles. The van der Waals surface area contributed by atoms with Crippen molar-refractivity contribution in [3.63, 3.8) is 0 Å². The van der Waals surface area contributed by atoms with Gasteiger partial charge in [0.2, 0.25) is 0 Å². The van der Waals surface area contributed by atoms with Crippen molar-refractivity contribution in [1.82, 2.24) is 0 Å². The van der Waals surface area contributed by atoms with Gasteiger partial charge in [-0.05, 0) is 71.5 Å². The molecule has 0 amide bonds. The molecule has 146 valence electrons. The van der Waals surface area contributed by atoms with Gasteiger partial charge in [0, 0.05) is 0 Å². The highest BCUT2D eigenvalue weighted by Gasteiger charge is 2.17. The van der Waals surface area contributed by atoms with Crippen molar-refractivity contribution >= 4 is 21.5 Å². The van der Waals surface area contributed by atoms with Crippen LogP contribution in [0.4, 0.5) is 0 Å². The molecule has 0 N–H and O–H groups in total. The minimum absolute atomic E-state index is 1.28. The average molecular weight is 387 g/mol. The van der Waals surface area contributed by atoms with E-state index in [9.17, 15) is 0 Å². The summed E-state index contributed by atoms with van der Waals surface area (Å²) in [5, 5.41) is 5.29. The number of hydrogen-bond donors (Lipinski definition) is 0. The monoisotopic (exact) mass is 386 g/mol. The second-order valence-electron chi connectivity index (χ2n) is 8.58. The van der Waals surface area contributed by atoms with Crippen LogP contribution in [-0.2, 0) is 0 Å². The van der Waals surface area contributed by atoms with Gasteiger partial charge >= 0.3 is 0 Å². The van der Waals surface area contributed by atoms with Crippen LogP contribution >= 0.6 is 0 Å². The van der Waals surface area contributed by atoms with Crippen LogP contribution in [0.15, 0.2) is 84.9 Å². The Bertz CT molecular complexity index is 1270. The summed E-state index contributed by atoms with van der Waals surface area (Å²) in [6.07, 6.45) is 0. The molecule has 30 heavy (non-hydrogen) atoms. The van der Waals surface area contributed by atoms with E-state index in [1.54, 1.807) is 0 Å². The van der Waals surface area contributed by atoms with Crippen molar-refractivity contribution in [2.24, 2.45) is 0 Å². The van der Waals surface area contributed by atoms with E-state index < -0.39 is 0 Å². The summed E-state index contributed by atoms with van der Waals surface area (Å²) in [5.41, 5.74) is 10.4. The Morgan fingerprint density at radius 3 is 1.03 bits per heavy atom. The van der Waals surface area contributed by atoms with Crippen LogP contribution in [0.2, 0.25) is 0 Å². The summed E-state index contributed by atoms with van der Waals surface area (Å²) in [7, 11) is 0. The first-order valence-corrected chi connectivity index (χ1v) is 10.6. The van der Waals surface area contributed by atoms with Gasteiger partial charge in [0.25, 0.3) is 0 Å². The fraction of sp³-hybridized carbons (Fsp3) is 0.133. The molecule has 0 fully saturated rings. The second kappa shape index (κ2) is 7.15. The normalized spacial score (nSPS) is 11.3. The average Bonchev–Trinajstić information content (AvgIpc) is 2.74. The second-order valence-corrected chi connectivity index (χ2v) is 8.58. The van der Waals surface area contributed by atoms with E-state index in [1.165, 1.54) is 66.1 Å². The molecule has 0 heterocycles. The lowest BCUT2D eigenvalue weighted by Gasteiger charge is -2.19. The van der Waals surface area contributed by atoms with Crippen molar-refractivity contribution in [2.45, 2.75) is 27.7 Å². The van der Waals surface area contributed by atoms with Gasteiger partial charge in [-0.2, -0.15) is 0 Å². The summed E-state index contributed by atoms with van der Waals surface area (Å²) < 4.78 is 0. The third-order valence-electron chi connectivity index (χ3n) is 6.11. The minimum Gasteiger partial charge on any atom is -0.0587 e. The van der Waals surface area contributed by atoms with E-state index in [0.29, 0.717) is 0 Å². The van der Waals surface area contributed by atoms with E-state index in [1.807, 2.05) is 0 Å². The molecule has 0 atom stereocenters. The Kier molecular flexibility index (Phi) is 4.44. The molecule has 0 bridgehead atoms. The van der Waals surface area contributed by atoms with Crippen molar-refractivity contribution in [2.75, 3.05) is 0 Å². The fourth-order valence-corrected chi connectivity index (χ4v) is 4.52. The maximum absolute atomic E-state index is 2.35. The summed E-state index contributed by atoms with van der Waals surface area (Å²) in [5.74, 6) is 0. The zero-order chi connectivity index (χ0) is 20.8. The quantitative estimate of drug-likeness (QED) is 0.267. The molecule has 0 heteroatoms. The molecule has 0 unspecified atom stereocenters. The number of aryl methyl sites for hydroxylation is 4. The summed E-state index contributed by atoms with van der Waals surface area (Å²) >= 11 is 0. The molecule has 0 radical (unpaired) electrons. The van der Waals surface area contributed by atoms with Crippen LogP contribution in [0, 0.1) is 27.7 Å². The molecule has 0 saturated carbocycles. The lowest BCUT2D eigenvalue weighted by Crippen LogP contribution is -1.92. The van der Waals surface area contributed by atoms with E-state index in [2.05, 4.69) is 113 Å². The molecular weight excluding hydrogens is 360 g/mol. The van der Waals surface area contributed by atoms with Crippen LogP contribution in [0.1, 0.15) is 22.3 Å². The van der Waals surface area contributed by atoms with Gasteiger partial charge in [-0.15, -0.1) is 0 Å². The van der Waals surface area contributed by atoms with Crippen LogP contribution < -0.4 is 0 Å².